The Hall–Kier alpha value is -1.27. The maximum atomic E-state index is 11.5. The summed E-state index contributed by atoms with van der Waals surface area (Å²) in [6.45, 7) is 1.06. The van der Waals surface area contributed by atoms with Gasteiger partial charge >= 0.3 is 12.1 Å². The van der Waals surface area contributed by atoms with Gasteiger partial charge in [0.05, 0.1) is 0 Å². The maximum absolute atomic E-state index is 11.5. The molecule has 0 radical (unpaired) electrons. The van der Waals surface area contributed by atoms with Crippen molar-refractivity contribution in [1.82, 2.24) is 5.32 Å². The fourth-order valence-corrected chi connectivity index (χ4v) is 0.350. The van der Waals surface area contributed by atoms with Crippen LogP contribution in [0.1, 0.15) is 6.92 Å². The molecule has 0 saturated carbocycles. The number of nitrogens with one attached hydrogen (secondary N) is 1. The fraction of sp³-hybridized carbons (Fsp3) is 0.600. The SMILES string of the molecule is C[C@H](NC(=O)C(F)(F)F)C(N)=O. The molecule has 0 saturated heterocycles. The van der Waals surface area contributed by atoms with Gasteiger partial charge in [0.1, 0.15) is 6.04 Å². The minimum atomic E-state index is -4.98. The molecule has 0 aliphatic rings. The lowest BCUT2D eigenvalue weighted by molar-refractivity contribution is -0.174. The van der Waals surface area contributed by atoms with Crippen molar-refractivity contribution in [3.63, 3.8) is 0 Å². The van der Waals surface area contributed by atoms with Crippen LogP contribution in [0.25, 0.3) is 0 Å². The number of amides is 2. The Balaban J connectivity index is 4.11. The number of hydrogen-bond donors (Lipinski definition) is 2. The van der Waals surface area contributed by atoms with Crippen molar-refractivity contribution in [3.05, 3.63) is 0 Å². The van der Waals surface area contributed by atoms with Crippen molar-refractivity contribution in [3.8, 4) is 0 Å². The lowest BCUT2D eigenvalue weighted by Gasteiger charge is -2.11. The van der Waals surface area contributed by atoms with Crippen LogP contribution in [0.5, 0.6) is 0 Å². The number of carbonyl (C=O) groups is 2. The van der Waals surface area contributed by atoms with Gasteiger partial charge in [0.2, 0.25) is 5.91 Å². The molecule has 0 aromatic heterocycles. The molecule has 4 nitrogen and oxygen atoms in total. The average molecular weight is 184 g/mol. The summed E-state index contributed by atoms with van der Waals surface area (Å²) in [4.78, 5) is 20.3. The zero-order valence-electron chi connectivity index (χ0n) is 6.11. The van der Waals surface area contributed by atoms with Crippen molar-refractivity contribution in [2.24, 2.45) is 5.73 Å². The van der Waals surface area contributed by atoms with Crippen LogP contribution in [0.15, 0.2) is 0 Å². The second-order valence-electron chi connectivity index (χ2n) is 2.10. The first-order valence-electron chi connectivity index (χ1n) is 2.92. The topological polar surface area (TPSA) is 72.2 Å². The highest BCUT2D eigenvalue weighted by Crippen LogP contribution is 2.14. The standard InChI is InChI=1S/C5H7F3N2O2/c1-2(3(9)11)10-4(12)5(6,7)8/h2H,1H3,(H2,9,11)(H,10,12)/t2-/m0/s1. The monoisotopic (exact) mass is 184 g/mol. The molecule has 12 heavy (non-hydrogen) atoms. The molecular formula is C5H7F3N2O2. The third-order valence-corrected chi connectivity index (χ3v) is 1.03. The van der Waals surface area contributed by atoms with Gasteiger partial charge in [-0.25, -0.2) is 0 Å². The number of hydrogen-bond acceptors (Lipinski definition) is 2. The minimum Gasteiger partial charge on any atom is -0.368 e. The summed E-state index contributed by atoms with van der Waals surface area (Å²) in [7, 11) is 0. The predicted molar refractivity (Wildman–Crippen MR) is 32.9 cm³/mol. The Morgan fingerprint density at radius 3 is 2.08 bits per heavy atom. The van der Waals surface area contributed by atoms with E-state index in [0.717, 1.165) is 6.92 Å². The molecule has 7 heteroatoms. The molecule has 0 aromatic carbocycles. The fourth-order valence-electron chi connectivity index (χ4n) is 0.350. The molecule has 0 bridgehead atoms. The third kappa shape index (κ3) is 3.22. The van der Waals surface area contributed by atoms with Gasteiger partial charge in [-0.2, -0.15) is 13.2 Å². The third-order valence-electron chi connectivity index (χ3n) is 1.03. The number of halogens is 3. The molecular weight excluding hydrogens is 177 g/mol. The summed E-state index contributed by atoms with van der Waals surface area (Å²) in [5.74, 6) is -3.19. The van der Waals surface area contributed by atoms with E-state index in [9.17, 15) is 22.8 Å². The second kappa shape index (κ2) is 3.42. The zero-order valence-corrected chi connectivity index (χ0v) is 6.11. The van der Waals surface area contributed by atoms with Gasteiger partial charge < -0.3 is 11.1 Å². The summed E-state index contributed by atoms with van der Waals surface area (Å²) >= 11 is 0. The molecule has 0 rings (SSSR count). The quantitative estimate of drug-likeness (QED) is 0.609. The first-order valence-corrected chi connectivity index (χ1v) is 2.92. The van der Waals surface area contributed by atoms with Crippen molar-refractivity contribution in [1.29, 1.82) is 0 Å². The van der Waals surface area contributed by atoms with Crippen LogP contribution < -0.4 is 11.1 Å². The van der Waals surface area contributed by atoms with Crippen molar-refractivity contribution in [2.45, 2.75) is 19.1 Å². The molecule has 0 aliphatic carbocycles. The number of alkyl halides is 3. The number of primary amides is 1. The Morgan fingerprint density at radius 1 is 1.42 bits per heavy atom. The zero-order chi connectivity index (χ0) is 9.94. The molecule has 3 N–H and O–H groups in total. The van der Waals surface area contributed by atoms with E-state index in [1.807, 2.05) is 0 Å². The minimum absolute atomic E-state index is 1.02. The predicted octanol–water partition coefficient (Wildman–Crippen LogP) is -0.461. The van der Waals surface area contributed by atoms with Crippen LogP contribution in [0.3, 0.4) is 0 Å². The van der Waals surface area contributed by atoms with Gasteiger partial charge in [0, 0.05) is 0 Å². The number of carbonyl (C=O) groups excluding carboxylic acids is 2. The van der Waals surface area contributed by atoms with E-state index in [4.69, 9.17) is 0 Å². The Bertz CT molecular complexity index is 201. The van der Waals surface area contributed by atoms with Gasteiger partial charge in [-0.15, -0.1) is 0 Å². The molecule has 0 aliphatic heterocycles. The maximum Gasteiger partial charge on any atom is 0.471 e. The summed E-state index contributed by atoms with van der Waals surface area (Å²) in [5, 5.41) is 1.38. The number of rotatable bonds is 2. The van der Waals surface area contributed by atoms with Crippen LogP contribution in [0, 0.1) is 0 Å². The first-order chi connectivity index (χ1) is 5.25. The van der Waals surface area contributed by atoms with Crippen LogP contribution >= 0.6 is 0 Å². The Labute approximate surface area is 65.9 Å². The van der Waals surface area contributed by atoms with Gasteiger partial charge in [0.15, 0.2) is 0 Å². The largest absolute Gasteiger partial charge is 0.471 e. The van der Waals surface area contributed by atoms with E-state index in [0.29, 0.717) is 0 Å². The molecule has 0 spiro atoms. The highest BCUT2D eigenvalue weighted by atomic mass is 19.4. The van der Waals surface area contributed by atoms with Gasteiger partial charge in [-0.05, 0) is 6.92 Å². The van der Waals surface area contributed by atoms with E-state index >= 15 is 0 Å². The molecule has 0 fully saturated rings. The highest BCUT2D eigenvalue weighted by molar-refractivity contribution is 5.88. The normalized spacial score (nSPS) is 13.7. The molecule has 0 heterocycles. The van der Waals surface area contributed by atoms with Crippen LogP contribution in [-0.4, -0.2) is 24.0 Å². The highest BCUT2D eigenvalue weighted by Gasteiger charge is 2.39. The van der Waals surface area contributed by atoms with Gasteiger partial charge in [0.25, 0.3) is 0 Å². The van der Waals surface area contributed by atoms with Crippen LogP contribution in [0.2, 0.25) is 0 Å². The van der Waals surface area contributed by atoms with Crippen molar-refractivity contribution < 1.29 is 22.8 Å². The Kier molecular flexibility index (Phi) is 3.06. The average Bonchev–Trinajstić information content (AvgIpc) is 1.85. The van der Waals surface area contributed by atoms with Crippen molar-refractivity contribution in [2.75, 3.05) is 0 Å². The van der Waals surface area contributed by atoms with Gasteiger partial charge in [-0.1, -0.05) is 0 Å². The van der Waals surface area contributed by atoms with E-state index in [1.165, 1.54) is 5.32 Å². The molecule has 1 atom stereocenters. The summed E-state index contributed by atoms with van der Waals surface area (Å²) in [5.41, 5.74) is 4.61. The Morgan fingerprint density at radius 2 is 1.83 bits per heavy atom. The molecule has 70 valence electrons. The molecule has 0 aromatic rings. The van der Waals surface area contributed by atoms with Gasteiger partial charge in [-0.3, -0.25) is 9.59 Å². The van der Waals surface area contributed by atoms with E-state index in [1.54, 1.807) is 0 Å². The molecule has 0 unspecified atom stereocenters. The second-order valence-corrected chi connectivity index (χ2v) is 2.10. The first kappa shape index (κ1) is 10.7. The lowest BCUT2D eigenvalue weighted by atomic mass is 10.3. The van der Waals surface area contributed by atoms with Crippen molar-refractivity contribution >= 4 is 11.8 Å². The number of nitrogens with two attached hydrogens (primary N) is 1. The van der Waals surface area contributed by atoms with Crippen LogP contribution in [-0.2, 0) is 9.59 Å². The smallest absolute Gasteiger partial charge is 0.368 e. The van der Waals surface area contributed by atoms with E-state index < -0.39 is 24.0 Å². The van der Waals surface area contributed by atoms with E-state index in [2.05, 4.69) is 5.73 Å². The van der Waals surface area contributed by atoms with Crippen LogP contribution in [0.4, 0.5) is 13.2 Å². The molecule has 2 amide bonds. The summed E-state index contributed by atoms with van der Waals surface area (Å²) < 4.78 is 34.5. The lowest BCUT2D eigenvalue weighted by Crippen LogP contribution is -2.47. The summed E-state index contributed by atoms with van der Waals surface area (Å²) in [6.07, 6.45) is -4.98. The summed E-state index contributed by atoms with van der Waals surface area (Å²) in [6, 6.07) is -1.32. The van der Waals surface area contributed by atoms with E-state index in [-0.39, 0.29) is 0 Å².